The van der Waals surface area contributed by atoms with Crippen molar-refractivity contribution in [2.75, 3.05) is 19.4 Å². The van der Waals surface area contributed by atoms with E-state index in [1.807, 2.05) is 24.3 Å². The van der Waals surface area contributed by atoms with E-state index in [2.05, 4.69) is 15.3 Å². The van der Waals surface area contributed by atoms with Crippen LogP contribution in [-0.2, 0) is 14.8 Å². The molecule has 1 N–H and O–H groups in total. The number of fused-ring (bicyclic) bond motifs is 1. The molecular weight excluding hydrogens is 396 g/mol. The van der Waals surface area contributed by atoms with Gasteiger partial charge in [0.25, 0.3) is 0 Å². The van der Waals surface area contributed by atoms with Crippen molar-refractivity contribution in [3.63, 3.8) is 0 Å². The van der Waals surface area contributed by atoms with E-state index in [1.54, 1.807) is 19.1 Å². The minimum Gasteiger partial charge on any atom is -0.325 e. The number of nitrogens with one attached hydrogen (secondary N) is 1. The summed E-state index contributed by atoms with van der Waals surface area (Å²) in [5.74, 6) is -0.243. The molecule has 1 heterocycles. The van der Waals surface area contributed by atoms with Crippen LogP contribution in [0.25, 0.3) is 10.9 Å². The molecule has 9 heteroatoms. The lowest BCUT2D eigenvalue weighted by molar-refractivity contribution is -0.115. The summed E-state index contributed by atoms with van der Waals surface area (Å²) in [5.41, 5.74) is 1.24. The molecule has 0 aliphatic rings. The first-order valence-electron chi connectivity index (χ1n) is 8.49. The zero-order valence-electron chi connectivity index (χ0n) is 15.7. The lowest BCUT2D eigenvalue weighted by Gasteiger charge is -2.15. The van der Waals surface area contributed by atoms with Gasteiger partial charge in [-0.1, -0.05) is 36.0 Å². The summed E-state index contributed by atoms with van der Waals surface area (Å²) in [7, 11) is -0.641. The van der Waals surface area contributed by atoms with Crippen LogP contribution < -0.4 is 5.32 Å². The third-order valence-electron chi connectivity index (χ3n) is 4.04. The summed E-state index contributed by atoms with van der Waals surface area (Å²) in [6.45, 7) is 1.78. The second kappa shape index (κ2) is 8.26. The van der Waals surface area contributed by atoms with Crippen LogP contribution in [0.3, 0.4) is 0 Å². The Hall–Kier alpha value is -2.49. The van der Waals surface area contributed by atoms with Gasteiger partial charge in [-0.2, -0.15) is 0 Å². The Morgan fingerprint density at radius 2 is 1.86 bits per heavy atom. The van der Waals surface area contributed by atoms with Gasteiger partial charge in [-0.15, -0.1) is 0 Å². The number of thioether (sulfide) groups is 1. The first-order chi connectivity index (χ1) is 13.3. The highest BCUT2D eigenvalue weighted by Gasteiger charge is 2.20. The monoisotopic (exact) mass is 416 g/mol. The van der Waals surface area contributed by atoms with Crippen molar-refractivity contribution in [2.24, 2.45) is 0 Å². The van der Waals surface area contributed by atoms with Crippen LogP contribution in [0.2, 0.25) is 0 Å². The van der Waals surface area contributed by atoms with Gasteiger partial charge in [0.1, 0.15) is 11.4 Å². The Morgan fingerprint density at radius 3 is 2.61 bits per heavy atom. The van der Waals surface area contributed by atoms with Crippen LogP contribution in [0.5, 0.6) is 0 Å². The fraction of sp³-hybridized carbons (Fsp3) is 0.211. The number of para-hydroxylation sites is 1. The predicted molar refractivity (Wildman–Crippen MR) is 111 cm³/mol. The topological polar surface area (TPSA) is 92.3 Å². The van der Waals surface area contributed by atoms with Crippen molar-refractivity contribution < 1.29 is 13.2 Å². The van der Waals surface area contributed by atoms with Gasteiger partial charge in [-0.25, -0.2) is 22.7 Å². The molecule has 0 spiro atoms. The van der Waals surface area contributed by atoms with E-state index in [1.165, 1.54) is 44.3 Å². The summed E-state index contributed by atoms with van der Waals surface area (Å²) in [5, 5.41) is 3.94. The Bertz CT molecular complexity index is 1110. The van der Waals surface area contributed by atoms with Gasteiger partial charge >= 0.3 is 0 Å². The maximum atomic E-state index is 12.6. The molecule has 0 aliphatic heterocycles. The molecule has 1 amide bonds. The van der Waals surface area contributed by atoms with Gasteiger partial charge in [0, 0.05) is 25.2 Å². The largest absolute Gasteiger partial charge is 0.325 e. The molecule has 3 aromatic rings. The Kier molecular flexibility index (Phi) is 5.97. The van der Waals surface area contributed by atoms with E-state index >= 15 is 0 Å². The molecule has 0 saturated carbocycles. The molecule has 28 heavy (non-hydrogen) atoms. The summed E-state index contributed by atoms with van der Waals surface area (Å²) < 4.78 is 25.7. The maximum Gasteiger partial charge on any atom is 0.242 e. The second-order valence-electron chi connectivity index (χ2n) is 6.26. The lowest BCUT2D eigenvalue weighted by Crippen LogP contribution is -2.24. The molecule has 0 bridgehead atoms. The highest BCUT2D eigenvalue weighted by atomic mass is 32.2. The number of benzene rings is 2. The normalized spacial score (nSPS) is 12.9. The SMILES string of the molecule is C[C@@H](Sc1ncnc2ccccc12)C(=O)Nc1cccc(S(=O)(=O)N(C)C)c1. The number of sulfonamides is 1. The van der Waals surface area contributed by atoms with Gasteiger partial charge in [-0.3, -0.25) is 4.79 Å². The minimum absolute atomic E-state index is 0.123. The molecule has 1 aromatic heterocycles. The van der Waals surface area contributed by atoms with Crippen LogP contribution in [0.15, 0.2) is 64.8 Å². The third kappa shape index (κ3) is 4.32. The Morgan fingerprint density at radius 1 is 1.11 bits per heavy atom. The van der Waals surface area contributed by atoms with Gasteiger partial charge in [0.15, 0.2) is 0 Å². The minimum atomic E-state index is -3.57. The van der Waals surface area contributed by atoms with Crippen molar-refractivity contribution in [3.8, 4) is 0 Å². The molecular formula is C19H20N4O3S2. The molecule has 0 fully saturated rings. The molecule has 2 aromatic carbocycles. The highest BCUT2D eigenvalue weighted by Crippen LogP contribution is 2.28. The van der Waals surface area contributed by atoms with Crippen molar-refractivity contribution in [1.82, 2.24) is 14.3 Å². The van der Waals surface area contributed by atoms with Gasteiger partial charge < -0.3 is 5.32 Å². The standard InChI is InChI=1S/C19H20N4O3S2/c1-13(27-19-16-9-4-5-10-17(16)20-12-21-19)18(24)22-14-7-6-8-15(11-14)28(25,26)23(2)3/h4-13H,1-3H3,(H,22,24)/t13-/m1/s1. The second-order valence-corrected chi connectivity index (χ2v) is 9.74. The number of carbonyl (C=O) groups is 1. The number of amides is 1. The molecule has 7 nitrogen and oxygen atoms in total. The number of nitrogens with zero attached hydrogens (tertiary/aromatic N) is 3. The highest BCUT2D eigenvalue weighted by molar-refractivity contribution is 8.00. The van der Waals surface area contributed by atoms with Crippen molar-refractivity contribution in [1.29, 1.82) is 0 Å². The first-order valence-corrected chi connectivity index (χ1v) is 10.8. The zero-order valence-corrected chi connectivity index (χ0v) is 17.3. The first kappa shape index (κ1) is 20.2. The fourth-order valence-electron chi connectivity index (χ4n) is 2.48. The van der Waals surface area contributed by atoms with Crippen molar-refractivity contribution in [3.05, 3.63) is 54.9 Å². The molecule has 3 rings (SSSR count). The van der Waals surface area contributed by atoms with Gasteiger partial charge in [0.05, 0.1) is 15.7 Å². The smallest absolute Gasteiger partial charge is 0.242 e. The van der Waals surface area contributed by atoms with Crippen LogP contribution in [-0.4, -0.2) is 47.9 Å². The van der Waals surface area contributed by atoms with E-state index in [9.17, 15) is 13.2 Å². The summed E-state index contributed by atoms with van der Waals surface area (Å²) in [4.78, 5) is 21.2. The average molecular weight is 417 g/mol. The van der Waals surface area contributed by atoms with Crippen molar-refractivity contribution in [2.45, 2.75) is 22.1 Å². The van der Waals surface area contributed by atoms with E-state index in [0.29, 0.717) is 5.69 Å². The fourth-order valence-corrected chi connectivity index (χ4v) is 4.34. The summed E-state index contributed by atoms with van der Waals surface area (Å²) in [6.07, 6.45) is 1.48. The number of aromatic nitrogens is 2. The molecule has 146 valence electrons. The number of rotatable bonds is 6. The van der Waals surface area contributed by atoms with Crippen LogP contribution in [0, 0.1) is 0 Å². The van der Waals surface area contributed by atoms with E-state index in [4.69, 9.17) is 0 Å². The Labute approximate surface area is 168 Å². The molecule has 0 aliphatic carbocycles. The van der Waals surface area contributed by atoms with Crippen molar-refractivity contribution >= 4 is 44.3 Å². The van der Waals surface area contributed by atoms with Crippen LogP contribution >= 0.6 is 11.8 Å². The number of anilines is 1. The average Bonchev–Trinajstić information content (AvgIpc) is 2.68. The van der Waals surface area contributed by atoms with E-state index in [0.717, 1.165) is 20.2 Å². The quantitative estimate of drug-likeness (QED) is 0.491. The number of carbonyl (C=O) groups excluding carboxylic acids is 1. The molecule has 0 radical (unpaired) electrons. The third-order valence-corrected chi connectivity index (χ3v) is 6.97. The number of hydrogen-bond donors (Lipinski definition) is 1. The molecule has 1 atom stereocenters. The van der Waals surface area contributed by atoms with E-state index in [-0.39, 0.29) is 10.8 Å². The lowest BCUT2D eigenvalue weighted by atomic mass is 10.2. The van der Waals surface area contributed by atoms with Crippen LogP contribution in [0.1, 0.15) is 6.92 Å². The Balaban J connectivity index is 1.76. The summed E-state index contributed by atoms with van der Waals surface area (Å²) in [6, 6.07) is 13.8. The van der Waals surface area contributed by atoms with Crippen LogP contribution in [0.4, 0.5) is 5.69 Å². The number of hydrogen-bond acceptors (Lipinski definition) is 6. The van der Waals surface area contributed by atoms with Gasteiger partial charge in [0.2, 0.25) is 15.9 Å². The van der Waals surface area contributed by atoms with E-state index < -0.39 is 15.3 Å². The summed E-state index contributed by atoms with van der Waals surface area (Å²) >= 11 is 1.33. The van der Waals surface area contributed by atoms with Gasteiger partial charge in [-0.05, 0) is 31.2 Å². The molecule has 0 saturated heterocycles. The zero-order chi connectivity index (χ0) is 20.3. The maximum absolute atomic E-state index is 12.6. The predicted octanol–water partition coefficient (Wildman–Crippen LogP) is 3.00. The molecule has 0 unspecified atom stereocenters.